The zero-order chi connectivity index (χ0) is 60.4. The first-order chi connectivity index (χ1) is 37.4. The molecule has 20 nitrogen and oxygen atoms in total. The first kappa shape index (κ1) is 67.6. The van der Waals surface area contributed by atoms with E-state index in [0.29, 0.717) is 60.8 Å². The Labute approximate surface area is 487 Å². The zero-order valence-electron chi connectivity index (χ0n) is 48.3. The Balaban J connectivity index is 0.000000283. The molecule has 0 radical (unpaired) electrons. The number of alkyl halides is 2. The van der Waals surface area contributed by atoms with Crippen LogP contribution in [0, 0.1) is 27.7 Å². The number of amides is 6. The third kappa shape index (κ3) is 19.3. The maximum atomic E-state index is 12.0. The fraction of sp³-hybridized carbons (Fsp3) is 0.429. The van der Waals surface area contributed by atoms with E-state index >= 15 is 0 Å². The summed E-state index contributed by atoms with van der Waals surface area (Å²) in [5, 5.41) is 14.3. The van der Waals surface area contributed by atoms with E-state index < -0.39 is 22.3 Å². The molecule has 0 aliphatic heterocycles. The lowest BCUT2D eigenvalue weighted by Crippen LogP contribution is -2.35. The van der Waals surface area contributed by atoms with Crippen molar-refractivity contribution in [3.8, 4) is 11.4 Å². The number of benzene rings is 4. The summed E-state index contributed by atoms with van der Waals surface area (Å²) >= 11 is 23.7. The number of urea groups is 2. The van der Waals surface area contributed by atoms with Crippen LogP contribution in [0.4, 0.5) is 32.3 Å². The Kier molecular flexibility index (Phi) is 26.0. The summed E-state index contributed by atoms with van der Waals surface area (Å²) in [6, 6.07) is 21.0. The third-order valence-electron chi connectivity index (χ3n) is 11.3. The molecule has 2 aromatic heterocycles. The molecule has 2 N–H and O–H groups in total. The fourth-order valence-electron chi connectivity index (χ4n) is 7.14. The van der Waals surface area contributed by atoms with Gasteiger partial charge in [-0.2, -0.15) is 9.36 Å². The minimum atomic E-state index is -0.609. The second-order valence-corrected chi connectivity index (χ2v) is 21.8. The zero-order valence-corrected chi connectivity index (χ0v) is 51.4. The number of aromatic nitrogens is 4. The van der Waals surface area contributed by atoms with Crippen molar-refractivity contribution in [3.63, 3.8) is 0 Å². The van der Waals surface area contributed by atoms with Gasteiger partial charge in [0.05, 0.1) is 34.6 Å². The Morgan fingerprint density at radius 1 is 0.562 bits per heavy atom. The van der Waals surface area contributed by atoms with Crippen molar-refractivity contribution >= 4 is 93.0 Å². The van der Waals surface area contributed by atoms with E-state index in [0.717, 1.165) is 43.0 Å². The highest BCUT2D eigenvalue weighted by Gasteiger charge is 2.26. The Morgan fingerprint density at radius 2 is 0.875 bits per heavy atom. The van der Waals surface area contributed by atoms with Crippen molar-refractivity contribution in [2.24, 2.45) is 0 Å². The number of nitrogens with zero attached hydrogens (tertiary/aromatic N) is 8. The SMILES string of the molecule is CN(C)C(=O)Nc1ccc(-n2nc(C(C)(C)C)oc2=O)c(Cl)c1.CN(C)C(=O)Nc1ccc(-n2nc(C(C)(C)C)oc2=O)c(Cl)c1.COCCN(C(=O)CCl)c1c(C)cccc1C.COCCN(C(=O)CCl)c1c(C)cccc1C. The molecular weight excluding hydrogens is 1110 g/mol. The number of hydrogen-bond acceptors (Lipinski definition) is 12. The highest BCUT2D eigenvalue weighted by atomic mass is 35.5. The number of anilines is 4. The molecule has 24 heteroatoms. The van der Waals surface area contributed by atoms with Gasteiger partial charge >= 0.3 is 23.6 Å². The van der Waals surface area contributed by atoms with Gasteiger partial charge in [-0.1, -0.05) is 101 Å². The van der Waals surface area contributed by atoms with Gasteiger partial charge in [-0.3, -0.25) is 9.59 Å². The number of carbonyl (C=O) groups is 4. The second-order valence-electron chi connectivity index (χ2n) is 20.5. The predicted octanol–water partition coefficient (Wildman–Crippen LogP) is 10.8. The quantitative estimate of drug-likeness (QED) is 0.0973. The van der Waals surface area contributed by atoms with E-state index in [2.05, 4.69) is 20.8 Å². The van der Waals surface area contributed by atoms with Crippen LogP contribution in [0.1, 0.15) is 75.6 Å². The monoisotopic (exact) mass is 1190 g/mol. The highest BCUT2D eigenvalue weighted by Crippen LogP contribution is 2.29. The number of nitrogens with one attached hydrogen (secondary N) is 2. The lowest BCUT2D eigenvalue weighted by molar-refractivity contribution is -0.117. The van der Waals surface area contributed by atoms with Crippen LogP contribution in [-0.2, 0) is 29.9 Å². The van der Waals surface area contributed by atoms with E-state index in [1.807, 2.05) is 106 Å². The molecule has 0 fully saturated rings. The number of hydrogen-bond donors (Lipinski definition) is 2. The van der Waals surface area contributed by atoms with Crippen LogP contribution in [0.5, 0.6) is 0 Å². The van der Waals surface area contributed by atoms with E-state index in [9.17, 15) is 28.8 Å². The standard InChI is InChI=1S/2C15H19ClN4O3.2C13H18ClNO2/c2*1-15(2,3)12-18-20(14(22)23-12)11-7-6-9(8-10(11)16)17-13(21)19(4)5;2*1-10-5-4-6-11(2)13(10)15(7-8-17-3)12(16)9-14/h2*6-8H,1-5H3,(H,17,21);2*4-6H,7-9H2,1-3H3. The molecule has 0 atom stereocenters. The summed E-state index contributed by atoms with van der Waals surface area (Å²) in [4.78, 5) is 77.2. The number of aryl methyl sites for hydroxylation is 4. The molecule has 6 amide bonds. The smallest absolute Gasteiger partial charge is 0.391 e. The topological polar surface area (TPSA) is 220 Å². The maximum absolute atomic E-state index is 12.0. The lowest BCUT2D eigenvalue weighted by atomic mass is 9.97. The first-order valence-corrected chi connectivity index (χ1v) is 26.8. The van der Waals surface area contributed by atoms with Crippen LogP contribution in [0.2, 0.25) is 10.0 Å². The second kappa shape index (κ2) is 30.8. The molecule has 2 heterocycles. The normalized spacial score (nSPS) is 10.9. The van der Waals surface area contributed by atoms with Crippen LogP contribution in [-0.4, -0.2) is 134 Å². The van der Waals surface area contributed by atoms with Crippen LogP contribution >= 0.6 is 46.4 Å². The average Bonchev–Trinajstić information content (AvgIpc) is 3.98. The van der Waals surface area contributed by atoms with Gasteiger partial charge in [0.25, 0.3) is 0 Å². The number of rotatable bonds is 14. The van der Waals surface area contributed by atoms with Gasteiger partial charge in [0.2, 0.25) is 23.6 Å². The van der Waals surface area contributed by atoms with Crippen LogP contribution in [0.3, 0.4) is 0 Å². The summed E-state index contributed by atoms with van der Waals surface area (Å²) in [5.74, 6) is -0.798. The molecule has 0 aliphatic rings. The minimum absolute atomic E-state index is 0.0164. The first-order valence-electron chi connectivity index (χ1n) is 25.0. The molecule has 0 bridgehead atoms. The Hall–Kier alpha value is -6.68. The lowest BCUT2D eigenvalue weighted by Gasteiger charge is -2.25. The molecule has 4 aromatic carbocycles. The largest absolute Gasteiger partial charge is 0.442 e. The molecule has 0 aliphatic carbocycles. The third-order valence-corrected chi connectivity index (χ3v) is 12.4. The average molecular weight is 1190 g/mol. The number of ether oxygens (including phenoxy) is 2. The summed E-state index contributed by atoms with van der Waals surface area (Å²) in [6.07, 6.45) is 0. The summed E-state index contributed by atoms with van der Waals surface area (Å²) in [6.45, 7) is 21.4. The minimum Gasteiger partial charge on any atom is -0.391 e. The number of halogens is 4. The van der Waals surface area contributed by atoms with Crippen molar-refractivity contribution in [1.82, 2.24) is 29.4 Å². The highest BCUT2D eigenvalue weighted by molar-refractivity contribution is 6.33. The Bertz CT molecular complexity index is 2930. The summed E-state index contributed by atoms with van der Waals surface area (Å²) in [5.41, 5.74) is 7.18. The summed E-state index contributed by atoms with van der Waals surface area (Å²) in [7, 11) is 9.77. The molecule has 6 rings (SSSR count). The fourth-order valence-corrected chi connectivity index (χ4v) is 7.95. The predicted molar refractivity (Wildman–Crippen MR) is 319 cm³/mol. The van der Waals surface area contributed by atoms with Gasteiger partial charge < -0.3 is 48.5 Å². The van der Waals surface area contributed by atoms with Crippen LogP contribution in [0.25, 0.3) is 11.4 Å². The molecular formula is C56H74Cl4N10O10. The van der Waals surface area contributed by atoms with Gasteiger partial charge in [0.1, 0.15) is 11.8 Å². The molecule has 0 saturated heterocycles. The van der Waals surface area contributed by atoms with Crippen LogP contribution in [0.15, 0.2) is 91.2 Å². The van der Waals surface area contributed by atoms with Gasteiger partial charge in [-0.05, 0) is 86.3 Å². The van der Waals surface area contributed by atoms with Gasteiger partial charge in [-0.25, -0.2) is 19.2 Å². The maximum Gasteiger partial charge on any atom is 0.442 e. The molecule has 436 valence electrons. The van der Waals surface area contributed by atoms with E-state index in [4.69, 9.17) is 64.7 Å². The van der Waals surface area contributed by atoms with Crippen molar-refractivity contribution in [2.45, 2.75) is 80.1 Å². The van der Waals surface area contributed by atoms with Crippen molar-refractivity contribution in [3.05, 3.63) is 138 Å². The molecule has 0 spiro atoms. The summed E-state index contributed by atoms with van der Waals surface area (Å²) < 4.78 is 22.6. The number of para-hydroxylation sites is 2. The van der Waals surface area contributed by atoms with Gasteiger partial charge in [0, 0.05) is 89.1 Å². The molecule has 0 unspecified atom stereocenters. The van der Waals surface area contributed by atoms with Crippen molar-refractivity contribution in [2.75, 3.05) is 101 Å². The van der Waals surface area contributed by atoms with E-state index in [-0.39, 0.29) is 45.7 Å². The Morgan fingerprint density at radius 3 is 1.11 bits per heavy atom. The van der Waals surface area contributed by atoms with Gasteiger partial charge in [0.15, 0.2) is 0 Å². The van der Waals surface area contributed by atoms with E-state index in [1.54, 1.807) is 88.6 Å². The molecule has 0 saturated carbocycles. The molecule has 80 heavy (non-hydrogen) atoms. The van der Waals surface area contributed by atoms with E-state index in [1.165, 1.54) is 9.80 Å². The van der Waals surface area contributed by atoms with Crippen LogP contribution < -0.4 is 31.9 Å². The van der Waals surface area contributed by atoms with Gasteiger partial charge in [-0.15, -0.1) is 33.4 Å². The van der Waals surface area contributed by atoms with Crippen molar-refractivity contribution in [1.29, 1.82) is 0 Å². The number of methoxy groups -OCH3 is 2. The number of carbonyl (C=O) groups excluding carboxylic acids is 4. The van der Waals surface area contributed by atoms with Crippen molar-refractivity contribution < 1.29 is 37.5 Å². The molecule has 6 aromatic rings.